The number of piperidine rings is 2. The van der Waals surface area contributed by atoms with Crippen LogP contribution in [0.2, 0.25) is 0 Å². The quantitative estimate of drug-likeness (QED) is 0.279. The second-order valence-electron chi connectivity index (χ2n) is 15.7. The van der Waals surface area contributed by atoms with Crippen molar-refractivity contribution in [3.63, 3.8) is 0 Å². The van der Waals surface area contributed by atoms with Crippen LogP contribution in [0, 0.1) is 29.6 Å². The molecule has 47 heavy (non-hydrogen) atoms. The van der Waals surface area contributed by atoms with Gasteiger partial charge in [-0.1, -0.05) is 61.4 Å². The summed E-state index contributed by atoms with van der Waals surface area (Å²) < 4.78 is 12.9. The molecule has 1 saturated carbocycles. The average molecular weight is 633 g/mol. The maximum absolute atomic E-state index is 14.3. The first-order valence-electron chi connectivity index (χ1n) is 18.4. The van der Waals surface area contributed by atoms with Crippen molar-refractivity contribution < 1.29 is 14.3 Å². The zero-order valence-electron chi connectivity index (χ0n) is 28.0. The average Bonchev–Trinajstić information content (AvgIpc) is 3.80. The summed E-state index contributed by atoms with van der Waals surface area (Å²) >= 11 is 0. The second kappa shape index (κ2) is 10.4. The predicted octanol–water partition coefficient (Wildman–Crippen LogP) is 6.06. The lowest BCUT2D eigenvalue weighted by Crippen LogP contribution is -2.71. The first-order valence-corrected chi connectivity index (χ1v) is 18.4. The number of H-pyrrole nitrogens is 1. The maximum atomic E-state index is 14.3. The van der Waals surface area contributed by atoms with Gasteiger partial charge in [-0.15, -0.1) is 0 Å². The first-order chi connectivity index (χ1) is 23.1. The number of carbonyl (C=O) groups excluding carboxylic acids is 1. The summed E-state index contributed by atoms with van der Waals surface area (Å²) in [7, 11) is 1.58. The number of allylic oxidation sites excluding steroid dienone is 1. The molecule has 3 aromatic rings. The van der Waals surface area contributed by atoms with Gasteiger partial charge < -0.3 is 19.4 Å². The lowest BCUT2D eigenvalue weighted by molar-refractivity contribution is -0.165. The normalized spacial score (nSPS) is 38.5. The van der Waals surface area contributed by atoms with Gasteiger partial charge in [0, 0.05) is 71.3 Å². The van der Waals surface area contributed by atoms with Crippen LogP contribution in [0.25, 0.3) is 10.9 Å². The number of benzene rings is 2. The zero-order chi connectivity index (χ0) is 31.6. The number of carbonyl (C=O) groups is 1. The monoisotopic (exact) mass is 632 g/mol. The molecule has 246 valence electrons. The summed E-state index contributed by atoms with van der Waals surface area (Å²) in [6.07, 6.45) is 7.58. The van der Waals surface area contributed by atoms with E-state index < -0.39 is 5.92 Å². The van der Waals surface area contributed by atoms with Crippen LogP contribution in [0.1, 0.15) is 62.4 Å². The summed E-state index contributed by atoms with van der Waals surface area (Å²) in [5, 5.41) is 1.35. The van der Waals surface area contributed by atoms with Gasteiger partial charge in [-0.3, -0.25) is 14.6 Å². The van der Waals surface area contributed by atoms with Crippen molar-refractivity contribution in [3.05, 3.63) is 77.0 Å². The molecular formula is C40H48N4O3. The smallest absolute Gasteiger partial charge is 0.313 e. The Balaban J connectivity index is 1.09. The number of rotatable bonds is 4. The Labute approximate surface area is 278 Å². The third-order valence-corrected chi connectivity index (χ3v) is 14.3. The van der Waals surface area contributed by atoms with Crippen LogP contribution in [0.15, 0.2) is 60.2 Å². The van der Waals surface area contributed by atoms with Gasteiger partial charge in [0.15, 0.2) is 0 Å². The summed E-state index contributed by atoms with van der Waals surface area (Å²) in [5.74, 6) is 1.35. The Hall–Kier alpha value is -3.13. The molecule has 2 bridgehead atoms. The van der Waals surface area contributed by atoms with E-state index in [1.165, 1.54) is 71.3 Å². The van der Waals surface area contributed by atoms with Crippen molar-refractivity contribution in [3.8, 4) is 0 Å². The SMILES string of the molecule is C/C=C1/CN2CCc3c([nH]c4ccccc34)[C@@H]2C[C@H]1[C@@H](C(=O)OC)[C@@H]1OC[C@H]2[C@H]3C[C@@H]4N(CCC45c4ccccc4N1[C@@H]25)C[C@H]3CC. The van der Waals surface area contributed by atoms with Gasteiger partial charge in [0.2, 0.25) is 0 Å². The number of anilines is 1. The summed E-state index contributed by atoms with van der Waals surface area (Å²) in [4.78, 5) is 26.3. The largest absolute Gasteiger partial charge is 0.469 e. The Morgan fingerprint density at radius 1 is 1.11 bits per heavy atom. The topological polar surface area (TPSA) is 61.0 Å². The van der Waals surface area contributed by atoms with Crippen LogP contribution in [0.5, 0.6) is 0 Å². The molecule has 2 aromatic carbocycles. The van der Waals surface area contributed by atoms with Crippen molar-refractivity contribution in [1.82, 2.24) is 14.8 Å². The van der Waals surface area contributed by atoms with Gasteiger partial charge in [-0.2, -0.15) is 0 Å². The Morgan fingerprint density at radius 2 is 1.96 bits per heavy atom. The van der Waals surface area contributed by atoms with E-state index in [0.29, 0.717) is 29.8 Å². The molecule has 1 N–H and O–H groups in total. The van der Waals surface area contributed by atoms with Crippen LogP contribution in [-0.4, -0.2) is 79.0 Å². The molecule has 7 heterocycles. The maximum Gasteiger partial charge on any atom is 0.313 e. The van der Waals surface area contributed by atoms with Crippen LogP contribution >= 0.6 is 0 Å². The molecule has 1 aromatic heterocycles. The van der Waals surface area contributed by atoms with Crippen molar-refractivity contribution >= 4 is 22.6 Å². The van der Waals surface area contributed by atoms with Gasteiger partial charge in [-0.05, 0) is 74.2 Å². The zero-order valence-corrected chi connectivity index (χ0v) is 28.0. The molecule has 7 nitrogen and oxygen atoms in total. The Bertz CT molecular complexity index is 1780. The summed E-state index contributed by atoms with van der Waals surface area (Å²) in [6.45, 7) is 9.62. The highest BCUT2D eigenvalue weighted by molar-refractivity contribution is 5.85. The van der Waals surface area contributed by atoms with Crippen molar-refractivity contribution in [2.45, 2.75) is 75.7 Å². The number of esters is 1. The molecule has 5 fully saturated rings. The number of ether oxygens (including phenoxy) is 2. The van der Waals surface area contributed by atoms with Gasteiger partial charge in [0.1, 0.15) is 12.1 Å². The molecule has 1 aliphatic carbocycles. The lowest BCUT2D eigenvalue weighted by Gasteiger charge is -2.61. The molecule has 10 atom stereocenters. The first kappa shape index (κ1) is 28.8. The van der Waals surface area contributed by atoms with Crippen molar-refractivity contribution in [2.24, 2.45) is 29.6 Å². The van der Waals surface area contributed by atoms with Gasteiger partial charge in [0.05, 0.1) is 19.8 Å². The van der Waals surface area contributed by atoms with E-state index >= 15 is 0 Å². The number of aromatic amines is 1. The highest BCUT2D eigenvalue weighted by atomic mass is 16.5. The fourth-order valence-corrected chi connectivity index (χ4v) is 12.5. The molecule has 7 heteroatoms. The number of para-hydroxylation sites is 2. The lowest BCUT2D eigenvalue weighted by atomic mass is 9.54. The third kappa shape index (κ3) is 3.71. The molecule has 0 amide bonds. The van der Waals surface area contributed by atoms with E-state index in [9.17, 15) is 4.79 Å². The number of aromatic nitrogens is 1. The number of hydrogen-bond donors (Lipinski definition) is 1. The minimum absolute atomic E-state index is 0.0304. The number of fused-ring (bicyclic) bond motifs is 9. The van der Waals surface area contributed by atoms with Crippen molar-refractivity contribution in [1.29, 1.82) is 0 Å². The van der Waals surface area contributed by atoms with Gasteiger partial charge >= 0.3 is 5.97 Å². The fraction of sp³-hybridized carbons (Fsp3) is 0.575. The van der Waals surface area contributed by atoms with Crippen molar-refractivity contribution in [2.75, 3.05) is 44.8 Å². The van der Waals surface area contributed by atoms with Crippen LogP contribution in [0.3, 0.4) is 0 Å². The van der Waals surface area contributed by atoms with E-state index in [4.69, 9.17) is 9.47 Å². The van der Waals surface area contributed by atoms with E-state index in [1.807, 2.05) is 0 Å². The summed E-state index contributed by atoms with van der Waals surface area (Å²) in [5.41, 5.74) is 8.28. The van der Waals surface area contributed by atoms with E-state index in [0.717, 1.165) is 32.5 Å². The van der Waals surface area contributed by atoms with Crippen LogP contribution < -0.4 is 4.90 Å². The molecule has 7 aliphatic rings. The summed E-state index contributed by atoms with van der Waals surface area (Å²) in [6, 6.07) is 19.1. The predicted molar refractivity (Wildman–Crippen MR) is 183 cm³/mol. The Kier molecular flexibility index (Phi) is 6.40. The number of methoxy groups -OCH3 is 1. The molecule has 4 saturated heterocycles. The standard InChI is InChI=1S/C40H48N4O3/c1-4-23-21-43-17-15-40-30-11-7-9-13-32(30)44-37(40)29(27(23)19-34(40)43)22-47-38(44)35(39(45)46-3)28-18-33-36-26(14-16-42(33)20-24(28)5-2)25-10-6-8-12-31(25)41-36/h5-13,23,27-29,33-35,37-38,41H,4,14-22H2,1-3H3/b24-5-/t23-,27+,28-,29+,33+,34+,35-,37+,38+,40?/m1/s1. The third-order valence-electron chi connectivity index (χ3n) is 14.3. The molecule has 1 unspecified atom stereocenters. The molecule has 6 aliphatic heterocycles. The number of nitrogens with zero attached hydrogens (tertiary/aromatic N) is 3. The number of nitrogens with one attached hydrogen (secondary N) is 1. The minimum atomic E-state index is -0.409. The van der Waals surface area contributed by atoms with Gasteiger partial charge in [0.25, 0.3) is 0 Å². The molecule has 10 rings (SSSR count). The molecule has 0 radical (unpaired) electrons. The Morgan fingerprint density at radius 3 is 2.81 bits per heavy atom. The number of hydrogen-bond acceptors (Lipinski definition) is 6. The van der Waals surface area contributed by atoms with E-state index in [1.54, 1.807) is 7.11 Å². The highest BCUT2D eigenvalue weighted by Crippen LogP contribution is 2.65. The molecule has 1 spiro atoms. The van der Waals surface area contributed by atoms with E-state index in [-0.39, 0.29) is 29.6 Å². The molecular weight excluding hydrogens is 584 g/mol. The highest BCUT2D eigenvalue weighted by Gasteiger charge is 2.70. The minimum Gasteiger partial charge on any atom is -0.469 e. The van der Waals surface area contributed by atoms with Crippen LogP contribution in [-0.2, 0) is 26.1 Å². The van der Waals surface area contributed by atoms with E-state index in [2.05, 4.69) is 88.1 Å². The van der Waals surface area contributed by atoms with Crippen LogP contribution in [0.4, 0.5) is 5.69 Å². The van der Waals surface area contributed by atoms with Gasteiger partial charge in [-0.25, -0.2) is 0 Å². The fourth-order valence-electron chi connectivity index (χ4n) is 12.5. The second-order valence-corrected chi connectivity index (χ2v) is 15.7.